The van der Waals surface area contributed by atoms with Crippen LogP contribution < -0.4 is 0 Å². The molecule has 4 rings (SSSR count). The highest BCUT2D eigenvalue weighted by Crippen LogP contribution is 2.67. The van der Waals surface area contributed by atoms with Gasteiger partial charge in [0.25, 0.3) is 0 Å². The molecule has 5 atom stereocenters. The lowest BCUT2D eigenvalue weighted by atomic mass is 9.50. The standard InChI is InChI=1S/C15H18O5/c1-8-3-4-9-13(2)7-19-12(17)15(13,18)10-5-14(8,9)6-11(16)20-10/h4,8,10,18H,3,5-7H2,1-2H3/t8-,10?,13-,14?,15+/m0/s1. The van der Waals surface area contributed by atoms with Crippen LogP contribution in [0.2, 0.25) is 0 Å². The first-order chi connectivity index (χ1) is 9.34. The second-order valence-corrected chi connectivity index (χ2v) is 6.94. The van der Waals surface area contributed by atoms with Crippen LogP contribution in [0.3, 0.4) is 0 Å². The van der Waals surface area contributed by atoms with Crippen molar-refractivity contribution in [2.45, 2.75) is 44.8 Å². The topological polar surface area (TPSA) is 72.8 Å². The van der Waals surface area contributed by atoms with Gasteiger partial charge < -0.3 is 14.6 Å². The van der Waals surface area contributed by atoms with Crippen LogP contribution in [-0.2, 0) is 19.1 Å². The van der Waals surface area contributed by atoms with Crippen LogP contribution in [0.4, 0.5) is 0 Å². The van der Waals surface area contributed by atoms with Crippen molar-refractivity contribution < 1.29 is 24.2 Å². The summed E-state index contributed by atoms with van der Waals surface area (Å²) in [5.41, 5.74) is -1.76. The number of rotatable bonds is 0. The number of esters is 2. The Morgan fingerprint density at radius 2 is 2.15 bits per heavy atom. The molecule has 5 heteroatoms. The SMILES string of the molecule is C[C@H]1CC=C2C13CC(=O)OC(C3)[C@@]1(O)C(=O)OC[C@@]21C. The van der Waals surface area contributed by atoms with Gasteiger partial charge in [-0.1, -0.05) is 18.6 Å². The Hall–Kier alpha value is -1.36. The monoisotopic (exact) mass is 278 g/mol. The Morgan fingerprint density at radius 3 is 2.90 bits per heavy atom. The molecule has 108 valence electrons. The van der Waals surface area contributed by atoms with E-state index in [2.05, 4.69) is 13.0 Å². The van der Waals surface area contributed by atoms with Crippen molar-refractivity contribution in [3.63, 3.8) is 0 Å². The number of ether oxygens (including phenoxy) is 2. The first kappa shape index (κ1) is 12.4. The van der Waals surface area contributed by atoms with Gasteiger partial charge in [0.2, 0.25) is 5.60 Å². The molecule has 1 spiro atoms. The first-order valence-corrected chi connectivity index (χ1v) is 7.15. The molecule has 3 fully saturated rings. The number of hydrogen-bond donors (Lipinski definition) is 1. The Kier molecular flexibility index (Phi) is 2.03. The number of aliphatic hydroxyl groups is 1. The average Bonchev–Trinajstić information content (AvgIpc) is 2.81. The Bertz CT molecular complexity index is 567. The van der Waals surface area contributed by atoms with Gasteiger partial charge in [0, 0.05) is 5.41 Å². The highest BCUT2D eigenvalue weighted by molar-refractivity contribution is 5.87. The second kappa shape index (κ2) is 3.27. The number of carbonyl (C=O) groups excluding carboxylic acids is 2. The minimum Gasteiger partial charge on any atom is -0.462 e. The highest BCUT2D eigenvalue weighted by Gasteiger charge is 2.75. The lowest BCUT2D eigenvalue weighted by Gasteiger charge is -2.56. The third-order valence-electron chi connectivity index (χ3n) is 6.14. The maximum absolute atomic E-state index is 12.1. The Morgan fingerprint density at radius 1 is 1.40 bits per heavy atom. The van der Waals surface area contributed by atoms with Crippen molar-refractivity contribution in [3.05, 3.63) is 11.6 Å². The van der Waals surface area contributed by atoms with Gasteiger partial charge in [0.1, 0.15) is 12.7 Å². The zero-order valence-electron chi connectivity index (χ0n) is 11.6. The summed E-state index contributed by atoms with van der Waals surface area (Å²) in [6.45, 7) is 4.16. The predicted octanol–water partition coefficient (Wildman–Crippen LogP) is 0.952. The summed E-state index contributed by atoms with van der Waals surface area (Å²) in [5, 5.41) is 11.0. The van der Waals surface area contributed by atoms with Crippen LogP contribution in [0.15, 0.2) is 11.6 Å². The molecule has 0 aromatic heterocycles. The molecule has 1 N–H and O–H groups in total. The van der Waals surface area contributed by atoms with E-state index in [0.29, 0.717) is 18.8 Å². The molecule has 0 aromatic carbocycles. The quantitative estimate of drug-likeness (QED) is 0.527. The fourth-order valence-electron chi connectivity index (χ4n) is 4.90. The van der Waals surface area contributed by atoms with Gasteiger partial charge in [0.05, 0.1) is 11.8 Å². The van der Waals surface area contributed by atoms with Crippen LogP contribution in [0.25, 0.3) is 0 Å². The van der Waals surface area contributed by atoms with E-state index < -0.39 is 23.1 Å². The molecule has 2 aliphatic carbocycles. The fraction of sp³-hybridized carbons (Fsp3) is 0.733. The van der Waals surface area contributed by atoms with Gasteiger partial charge in [-0.05, 0) is 25.7 Å². The van der Waals surface area contributed by atoms with Crippen LogP contribution in [-0.4, -0.2) is 35.4 Å². The molecular weight excluding hydrogens is 260 g/mol. The molecule has 0 radical (unpaired) electrons. The highest BCUT2D eigenvalue weighted by atomic mass is 16.6. The largest absolute Gasteiger partial charge is 0.462 e. The smallest absolute Gasteiger partial charge is 0.343 e. The summed E-state index contributed by atoms with van der Waals surface area (Å²) in [6.07, 6.45) is 3.05. The summed E-state index contributed by atoms with van der Waals surface area (Å²) in [4.78, 5) is 24.1. The van der Waals surface area contributed by atoms with Crippen LogP contribution in [0, 0.1) is 16.7 Å². The fourth-order valence-corrected chi connectivity index (χ4v) is 4.90. The van der Waals surface area contributed by atoms with Gasteiger partial charge in [0.15, 0.2) is 0 Å². The molecule has 5 nitrogen and oxygen atoms in total. The van der Waals surface area contributed by atoms with Crippen LogP contribution in [0.5, 0.6) is 0 Å². The lowest BCUT2D eigenvalue weighted by molar-refractivity contribution is -0.213. The lowest BCUT2D eigenvalue weighted by Crippen LogP contribution is -2.67. The van der Waals surface area contributed by atoms with E-state index in [9.17, 15) is 14.7 Å². The second-order valence-electron chi connectivity index (χ2n) is 6.94. The van der Waals surface area contributed by atoms with Gasteiger partial charge in [-0.2, -0.15) is 0 Å². The van der Waals surface area contributed by atoms with Gasteiger partial charge in [-0.25, -0.2) is 4.79 Å². The van der Waals surface area contributed by atoms with Crippen molar-refractivity contribution >= 4 is 11.9 Å². The third-order valence-corrected chi connectivity index (χ3v) is 6.14. The molecule has 4 aliphatic rings. The van der Waals surface area contributed by atoms with Gasteiger partial charge in [-0.3, -0.25) is 4.79 Å². The molecule has 2 heterocycles. The van der Waals surface area contributed by atoms with E-state index in [1.807, 2.05) is 6.92 Å². The van der Waals surface area contributed by atoms with Crippen molar-refractivity contribution in [3.8, 4) is 0 Å². The molecule has 20 heavy (non-hydrogen) atoms. The molecule has 0 amide bonds. The normalized spacial score (nSPS) is 52.9. The predicted molar refractivity (Wildman–Crippen MR) is 67.4 cm³/mol. The van der Waals surface area contributed by atoms with Gasteiger partial charge in [-0.15, -0.1) is 0 Å². The third kappa shape index (κ3) is 1.04. The molecule has 2 bridgehead atoms. The summed E-state index contributed by atoms with van der Waals surface area (Å²) >= 11 is 0. The zero-order chi connectivity index (χ0) is 14.3. The van der Waals surface area contributed by atoms with Gasteiger partial charge >= 0.3 is 11.9 Å². The molecule has 2 saturated heterocycles. The maximum atomic E-state index is 12.1. The Labute approximate surface area is 116 Å². The summed E-state index contributed by atoms with van der Waals surface area (Å²) in [6, 6.07) is 0. The summed E-state index contributed by atoms with van der Waals surface area (Å²) in [5.74, 6) is -0.658. The van der Waals surface area contributed by atoms with E-state index in [0.717, 1.165) is 12.0 Å². The maximum Gasteiger partial charge on any atom is 0.343 e. The number of fused-ring (bicyclic) bond motifs is 4. The number of carbonyl (C=O) groups is 2. The van der Waals surface area contributed by atoms with E-state index in [1.54, 1.807) is 0 Å². The van der Waals surface area contributed by atoms with Crippen LogP contribution in [0.1, 0.15) is 33.1 Å². The number of allylic oxidation sites excluding steroid dienone is 1. The molecule has 0 aromatic rings. The van der Waals surface area contributed by atoms with Crippen molar-refractivity contribution in [2.75, 3.05) is 6.61 Å². The van der Waals surface area contributed by atoms with E-state index in [4.69, 9.17) is 9.47 Å². The van der Waals surface area contributed by atoms with E-state index >= 15 is 0 Å². The molecule has 1 saturated carbocycles. The summed E-state index contributed by atoms with van der Waals surface area (Å²) in [7, 11) is 0. The first-order valence-electron chi connectivity index (χ1n) is 7.15. The number of cyclic esters (lactones) is 1. The molecular formula is C15H18O5. The van der Waals surface area contributed by atoms with Crippen molar-refractivity contribution in [2.24, 2.45) is 16.7 Å². The number of hydrogen-bond acceptors (Lipinski definition) is 5. The minimum atomic E-state index is -1.73. The zero-order valence-corrected chi connectivity index (χ0v) is 11.6. The average molecular weight is 278 g/mol. The summed E-state index contributed by atoms with van der Waals surface area (Å²) < 4.78 is 10.5. The van der Waals surface area contributed by atoms with Crippen molar-refractivity contribution in [1.82, 2.24) is 0 Å². The molecule has 2 aliphatic heterocycles. The van der Waals surface area contributed by atoms with E-state index in [1.165, 1.54) is 0 Å². The van der Waals surface area contributed by atoms with E-state index in [-0.39, 0.29) is 18.0 Å². The van der Waals surface area contributed by atoms with Crippen LogP contribution >= 0.6 is 0 Å². The van der Waals surface area contributed by atoms with Crippen molar-refractivity contribution in [1.29, 1.82) is 0 Å². The Balaban J connectivity index is 1.96. The minimum absolute atomic E-state index is 0.163. The molecule has 2 unspecified atom stereocenters.